The van der Waals surface area contributed by atoms with Crippen molar-refractivity contribution in [2.45, 2.75) is 0 Å². The number of nitrogens with zero attached hydrogens (tertiary/aromatic N) is 2. The topological polar surface area (TPSA) is 59.1 Å². The number of carbonyl (C=O) groups excluding carboxylic acids is 2. The van der Waals surface area contributed by atoms with Crippen LogP contribution in [0.1, 0.15) is 20.7 Å². The minimum atomic E-state index is -0.0782. The van der Waals surface area contributed by atoms with Crippen LogP contribution in [0.4, 0.5) is 0 Å². The van der Waals surface area contributed by atoms with E-state index in [1.807, 2.05) is 18.2 Å². The van der Waals surface area contributed by atoms with E-state index >= 15 is 0 Å². The molecule has 1 fully saturated rings. The molecular formula is C20H21BrN2O4. The van der Waals surface area contributed by atoms with Gasteiger partial charge in [-0.05, 0) is 36.4 Å². The van der Waals surface area contributed by atoms with Crippen molar-refractivity contribution in [2.75, 3.05) is 40.4 Å². The van der Waals surface area contributed by atoms with E-state index in [1.54, 1.807) is 48.3 Å². The zero-order valence-corrected chi connectivity index (χ0v) is 16.9. The van der Waals surface area contributed by atoms with Crippen molar-refractivity contribution in [2.24, 2.45) is 0 Å². The van der Waals surface area contributed by atoms with Gasteiger partial charge in [0, 0.05) is 41.8 Å². The van der Waals surface area contributed by atoms with Crippen molar-refractivity contribution in [3.8, 4) is 11.5 Å². The summed E-state index contributed by atoms with van der Waals surface area (Å²) in [7, 11) is 3.10. The molecule has 0 bridgehead atoms. The van der Waals surface area contributed by atoms with E-state index in [4.69, 9.17) is 9.47 Å². The standard InChI is InChI=1S/C20H21BrN2O4/c1-26-17-7-6-15(13-18(17)27-2)20(25)23-10-8-22(9-11-23)19(24)14-4-3-5-16(21)12-14/h3-7,12-13H,8-11H2,1-2H3. The van der Waals surface area contributed by atoms with Gasteiger partial charge in [0.05, 0.1) is 14.2 Å². The maximum Gasteiger partial charge on any atom is 0.254 e. The van der Waals surface area contributed by atoms with Gasteiger partial charge in [0.15, 0.2) is 11.5 Å². The third kappa shape index (κ3) is 4.24. The summed E-state index contributed by atoms with van der Waals surface area (Å²) >= 11 is 3.39. The largest absolute Gasteiger partial charge is 0.493 e. The average molecular weight is 433 g/mol. The van der Waals surface area contributed by atoms with E-state index in [-0.39, 0.29) is 11.8 Å². The Labute approximate surface area is 166 Å². The molecule has 1 aliphatic heterocycles. The number of rotatable bonds is 4. The van der Waals surface area contributed by atoms with Gasteiger partial charge in [0.25, 0.3) is 11.8 Å². The van der Waals surface area contributed by atoms with Gasteiger partial charge in [-0.3, -0.25) is 9.59 Å². The van der Waals surface area contributed by atoms with Crippen LogP contribution in [0.5, 0.6) is 11.5 Å². The Bertz CT molecular complexity index is 848. The molecule has 0 aliphatic carbocycles. The lowest BCUT2D eigenvalue weighted by atomic mass is 10.1. The van der Waals surface area contributed by atoms with Crippen LogP contribution in [0.25, 0.3) is 0 Å². The second kappa shape index (κ2) is 8.43. The fraction of sp³-hybridized carbons (Fsp3) is 0.300. The summed E-state index contributed by atoms with van der Waals surface area (Å²) in [6.45, 7) is 1.99. The summed E-state index contributed by atoms with van der Waals surface area (Å²) in [5, 5.41) is 0. The molecule has 6 nitrogen and oxygen atoms in total. The van der Waals surface area contributed by atoms with Crippen molar-refractivity contribution in [1.29, 1.82) is 0 Å². The number of benzene rings is 2. The van der Waals surface area contributed by atoms with Crippen molar-refractivity contribution >= 4 is 27.7 Å². The summed E-state index contributed by atoms with van der Waals surface area (Å²) in [5.74, 6) is 1.00. The van der Waals surface area contributed by atoms with Crippen LogP contribution < -0.4 is 9.47 Å². The lowest BCUT2D eigenvalue weighted by Gasteiger charge is -2.35. The molecule has 0 unspecified atom stereocenters. The molecule has 27 heavy (non-hydrogen) atoms. The van der Waals surface area contributed by atoms with Gasteiger partial charge in [-0.1, -0.05) is 22.0 Å². The first-order valence-electron chi connectivity index (χ1n) is 8.59. The number of piperazine rings is 1. The monoisotopic (exact) mass is 432 g/mol. The first-order chi connectivity index (χ1) is 13.0. The maximum atomic E-state index is 12.8. The van der Waals surface area contributed by atoms with Crippen LogP contribution in [0, 0.1) is 0 Å². The maximum absolute atomic E-state index is 12.8. The van der Waals surface area contributed by atoms with Gasteiger partial charge in [0.1, 0.15) is 0 Å². The number of methoxy groups -OCH3 is 2. The Morgan fingerprint density at radius 3 is 1.89 bits per heavy atom. The van der Waals surface area contributed by atoms with Gasteiger partial charge in [-0.25, -0.2) is 0 Å². The molecule has 2 aromatic rings. The van der Waals surface area contributed by atoms with Crippen molar-refractivity contribution in [3.05, 3.63) is 58.1 Å². The van der Waals surface area contributed by atoms with Crippen LogP contribution in [0.2, 0.25) is 0 Å². The van der Waals surface area contributed by atoms with E-state index in [0.717, 1.165) is 4.47 Å². The number of carbonyl (C=O) groups is 2. The van der Waals surface area contributed by atoms with E-state index < -0.39 is 0 Å². The van der Waals surface area contributed by atoms with Crippen LogP contribution >= 0.6 is 15.9 Å². The predicted octanol–water partition coefficient (Wildman–Crippen LogP) is 3.06. The molecule has 1 heterocycles. The summed E-state index contributed by atoms with van der Waals surface area (Å²) < 4.78 is 11.3. The highest BCUT2D eigenvalue weighted by molar-refractivity contribution is 9.10. The summed E-state index contributed by atoms with van der Waals surface area (Å²) in [4.78, 5) is 28.9. The van der Waals surface area contributed by atoms with Crippen LogP contribution in [0.15, 0.2) is 46.9 Å². The molecule has 1 saturated heterocycles. The van der Waals surface area contributed by atoms with Gasteiger partial charge < -0.3 is 19.3 Å². The number of hydrogen-bond acceptors (Lipinski definition) is 4. The molecule has 142 valence electrons. The molecule has 2 aromatic carbocycles. The normalized spacial score (nSPS) is 14.0. The molecule has 0 aromatic heterocycles. The lowest BCUT2D eigenvalue weighted by molar-refractivity contribution is 0.0535. The molecular weight excluding hydrogens is 412 g/mol. The molecule has 3 rings (SSSR count). The van der Waals surface area contributed by atoms with Crippen LogP contribution in [-0.2, 0) is 0 Å². The van der Waals surface area contributed by atoms with E-state index in [0.29, 0.717) is 48.8 Å². The SMILES string of the molecule is COc1ccc(C(=O)N2CCN(C(=O)c3cccc(Br)c3)CC2)cc1OC. The van der Waals surface area contributed by atoms with Gasteiger partial charge in [0.2, 0.25) is 0 Å². The van der Waals surface area contributed by atoms with Crippen molar-refractivity contribution < 1.29 is 19.1 Å². The molecule has 0 radical (unpaired) electrons. The molecule has 1 aliphatic rings. The Morgan fingerprint density at radius 2 is 1.37 bits per heavy atom. The Kier molecular flexibility index (Phi) is 6.01. The highest BCUT2D eigenvalue weighted by Gasteiger charge is 2.26. The Hall–Kier alpha value is -2.54. The van der Waals surface area contributed by atoms with Crippen LogP contribution in [0.3, 0.4) is 0 Å². The Morgan fingerprint density at radius 1 is 0.815 bits per heavy atom. The van der Waals surface area contributed by atoms with Gasteiger partial charge in [-0.2, -0.15) is 0 Å². The minimum absolute atomic E-state index is 0.0190. The van der Waals surface area contributed by atoms with Gasteiger partial charge >= 0.3 is 0 Å². The smallest absolute Gasteiger partial charge is 0.254 e. The van der Waals surface area contributed by atoms with Gasteiger partial charge in [-0.15, -0.1) is 0 Å². The fourth-order valence-corrected chi connectivity index (χ4v) is 3.47. The van der Waals surface area contributed by atoms with E-state index in [1.165, 1.54) is 0 Å². The van der Waals surface area contributed by atoms with Crippen molar-refractivity contribution in [3.63, 3.8) is 0 Å². The molecule has 2 amide bonds. The summed E-state index contributed by atoms with van der Waals surface area (Å²) in [6.07, 6.45) is 0. The highest BCUT2D eigenvalue weighted by Crippen LogP contribution is 2.28. The number of amides is 2. The number of hydrogen-bond donors (Lipinski definition) is 0. The Balaban J connectivity index is 1.65. The van der Waals surface area contributed by atoms with Crippen molar-refractivity contribution in [1.82, 2.24) is 9.80 Å². The highest BCUT2D eigenvalue weighted by atomic mass is 79.9. The third-order valence-corrected chi connectivity index (χ3v) is 5.05. The second-order valence-electron chi connectivity index (χ2n) is 6.16. The molecule has 0 atom stereocenters. The average Bonchev–Trinajstić information content (AvgIpc) is 2.72. The molecule has 0 spiro atoms. The molecule has 0 saturated carbocycles. The van der Waals surface area contributed by atoms with E-state index in [2.05, 4.69) is 15.9 Å². The molecule has 7 heteroatoms. The first-order valence-corrected chi connectivity index (χ1v) is 9.39. The molecule has 0 N–H and O–H groups in total. The summed E-state index contributed by atoms with van der Waals surface area (Å²) in [6, 6.07) is 12.5. The number of ether oxygens (including phenoxy) is 2. The first kappa shape index (κ1) is 19.2. The zero-order chi connectivity index (χ0) is 19.4. The quantitative estimate of drug-likeness (QED) is 0.744. The third-order valence-electron chi connectivity index (χ3n) is 4.56. The van der Waals surface area contributed by atoms with Crippen LogP contribution in [-0.4, -0.2) is 62.0 Å². The number of halogens is 1. The van der Waals surface area contributed by atoms with E-state index in [9.17, 15) is 9.59 Å². The predicted molar refractivity (Wildman–Crippen MR) is 105 cm³/mol. The minimum Gasteiger partial charge on any atom is -0.493 e. The summed E-state index contributed by atoms with van der Waals surface area (Å²) in [5.41, 5.74) is 1.18. The second-order valence-corrected chi connectivity index (χ2v) is 7.08. The fourth-order valence-electron chi connectivity index (χ4n) is 3.07. The zero-order valence-electron chi connectivity index (χ0n) is 15.3. The lowest BCUT2D eigenvalue weighted by Crippen LogP contribution is -2.50.